The lowest BCUT2D eigenvalue weighted by Crippen LogP contribution is -2.77. The van der Waals surface area contributed by atoms with Gasteiger partial charge in [-0.25, -0.2) is 0 Å². The molecule has 2 heteroatoms. The van der Waals surface area contributed by atoms with E-state index in [1.54, 1.807) is 0 Å². The number of hydrogen-bond donors (Lipinski definition) is 0. The summed E-state index contributed by atoms with van der Waals surface area (Å²) >= 11 is 0. The highest BCUT2D eigenvalue weighted by Gasteiger charge is 2.70. The minimum absolute atomic E-state index is 0.160. The van der Waals surface area contributed by atoms with Crippen molar-refractivity contribution in [1.82, 2.24) is 0 Å². The highest BCUT2D eigenvalue weighted by Crippen LogP contribution is 2.59. The predicted octanol–water partition coefficient (Wildman–Crippen LogP) is 6.43. The first-order chi connectivity index (χ1) is 19.9. The van der Waals surface area contributed by atoms with Crippen molar-refractivity contribution < 1.29 is 9.13 Å². The summed E-state index contributed by atoms with van der Waals surface area (Å²) in [4.78, 5) is 0. The van der Waals surface area contributed by atoms with E-state index in [4.69, 9.17) is 0 Å². The highest BCUT2D eigenvalue weighted by molar-refractivity contribution is 5.77. The van der Waals surface area contributed by atoms with Crippen LogP contribution in [0.2, 0.25) is 0 Å². The first-order valence-electron chi connectivity index (χ1n) is 14.3. The number of aromatic nitrogens is 2. The van der Waals surface area contributed by atoms with Gasteiger partial charge in [-0.3, -0.25) is 0 Å². The molecule has 4 heterocycles. The van der Waals surface area contributed by atoms with Gasteiger partial charge < -0.3 is 0 Å². The molecule has 0 saturated heterocycles. The predicted molar refractivity (Wildman–Crippen MR) is 154 cm³/mol. The Morgan fingerprint density at radius 2 is 1.27 bits per heavy atom. The molecule has 2 aliphatic heterocycles. The minimum Gasteiger partial charge on any atom is -0.129 e. The van der Waals surface area contributed by atoms with Crippen molar-refractivity contribution in [1.29, 1.82) is 0 Å². The third-order valence-electron chi connectivity index (χ3n) is 9.97. The summed E-state index contributed by atoms with van der Waals surface area (Å²) in [5.74, 6) is 0.392. The summed E-state index contributed by atoms with van der Waals surface area (Å²) in [5.41, 5.74) is 16.6. The fraction of sp³-hybridized carbons (Fsp3) is 0.105. The lowest BCUT2D eigenvalue weighted by atomic mass is 9.61. The molecule has 2 aliphatic carbocycles. The lowest BCUT2D eigenvalue weighted by molar-refractivity contribution is -0.968. The summed E-state index contributed by atoms with van der Waals surface area (Å²) in [6.07, 6.45) is 5.63. The van der Waals surface area contributed by atoms with Crippen LogP contribution in [0.25, 0.3) is 11.3 Å². The third-order valence-corrected chi connectivity index (χ3v) is 9.97. The van der Waals surface area contributed by atoms with Crippen LogP contribution in [-0.2, 0) is 12.1 Å². The van der Waals surface area contributed by atoms with Gasteiger partial charge in [-0.05, 0) is 57.5 Å². The van der Waals surface area contributed by atoms with Crippen molar-refractivity contribution in [3.05, 3.63) is 189 Å². The first kappa shape index (κ1) is 21.1. The molecule has 10 rings (SSSR count). The van der Waals surface area contributed by atoms with E-state index < -0.39 is 5.66 Å². The van der Waals surface area contributed by atoms with Gasteiger partial charge in [0.1, 0.15) is 11.1 Å². The van der Waals surface area contributed by atoms with E-state index in [9.17, 15) is 0 Å². The second kappa shape index (κ2) is 7.22. The summed E-state index contributed by atoms with van der Waals surface area (Å²) in [7, 11) is 0. The normalized spacial score (nSPS) is 21.5. The topological polar surface area (TPSA) is 7.76 Å². The number of nitrogens with zero attached hydrogens (tertiary/aromatic N) is 2. The van der Waals surface area contributed by atoms with Crippen molar-refractivity contribution in [2.24, 2.45) is 0 Å². The van der Waals surface area contributed by atoms with Crippen LogP contribution in [0, 0.1) is 0 Å². The Balaban J connectivity index is 1.46. The molecular weight excluding hydrogens is 484 g/mol. The maximum Gasteiger partial charge on any atom is 0.417 e. The van der Waals surface area contributed by atoms with Gasteiger partial charge in [0.25, 0.3) is 0 Å². The zero-order valence-corrected chi connectivity index (χ0v) is 22.0. The molecule has 6 aromatic rings. The molecule has 0 bridgehead atoms. The Morgan fingerprint density at radius 1 is 0.525 bits per heavy atom. The maximum atomic E-state index is 2.61. The van der Waals surface area contributed by atoms with E-state index >= 15 is 0 Å². The van der Waals surface area contributed by atoms with Gasteiger partial charge in [-0.1, -0.05) is 84.9 Å². The molecule has 4 aliphatic rings. The Labute approximate surface area is 233 Å². The molecular formula is C38H26N2+2. The van der Waals surface area contributed by atoms with Crippen LogP contribution in [0.15, 0.2) is 134 Å². The second-order valence-electron chi connectivity index (χ2n) is 11.6. The Morgan fingerprint density at radius 3 is 2.20 bits per heavy atom. The Hall–Kier alpha value is -4.82. The summed E-state index contributed by atoms with van der Waals surface area (Å²) in [5, 5.41) is 0. The van der Waals surface area contributed by atoms with E-state index in [1.165, 1.54) is 67.0 Å². The highest BCUT2D eigenvalue weighted by atomic mass is 15.3. The minimum atomic E-state index is -0.464. The van der Waals surface area contributed by atoms with Crippen molar-refractivity contribution >= 4 is 0 Å². The van der Waals surface area contributed by atoms with Crippen molar-refractivity contribution in [2.75, 3.05) is 0 Å². The van der Waals surface area contributed by atoms with Crippen molar-refractivity contribution in [3.63, 3.8) is 0 Å². The van der Waals surface area contributed by atoms with E-state index in [0.717, 1.165) is 6.42 Å². The molecule has 3 atom stereocenters. The standard InChI is InChI=1S/C38H26N2/c1-2-11-24(12-3-1)33-30-20-19-26-23-25-13-4-5-14-27(25)35-29-16-10-15-28-31-17-6-8-21-39(31)38(36(28)29,37(30)34(26)35)40-22-9-7-18-32(33)40/h1-22,33,35H,23H2/q+2. The zero-order chi connectivity index (χ0) is 26.0. The van der Waals surface area contributed by atoms with Gasteiger partial charge in [0.2, 0.25) is 11.4 Å². The zero-order valence-electron chi connectivity index (χ0n) is 22.0. The van der Waals surface area contributed by atoms with Gasteiger partial charge in [-0.15, -0.1) is 9.13 Å². The molecule has 2 aromatic heterocycles. The molecule has 2 nitrogen and oxygen atoms in total. The average molecular weight is 511 g/mol. The molecule has 0 fully saturated rings. The van der Waals surface area contributed by atoms with Crippen LogP contribution < -0.4 is 9.13 Å². The van der Waals surface area contributed by atoms with E-state index in [0.29, 0.717) is 0 Å². The van der Waals surface area contributed by atoms with Gasteiger partial charge in [0.05, 0.1) is 11.5 Å². The number of fused-ring (bicyclic) bond motifs is 6. The number of rotatable bonds is 1. The second-order valence-corrected chi connectivity index (χ2v) is 11.6. The van der Waals surface area contributed by atoms with Crippen LogP contribution >= 0.6 is 0 Å². The van der Waals surface area contributed by atoms with Crippen LogP contribution in [0.5, 0.6) is 0 Å². The number of hydrogen-bond acceptors (Lipinski definition) is 0. The number of benzene rings is 4. The molecule has 0 amide bonds. The van der Waals surface area contributed by atoms with Gasteiger partial charge >= 0.3 is 5.66 Å². The summed E-state index contributed by atoms with van der Waals surface area (Å²) in [6.45, 7) is 0. The average Bonchev–Trinajstić information content (AvgIpc) is 3.32. The fourth-order valence-electron chi connectivity index (χ4n) is 8.68. The molecule has 3 unspecified atom stereocenters. The molecule has 1 spiro atoms. The fourth-order valence-corrected chi connectivity index (χ4v) is 8.68. The van der Waals surface area contributed by atoms with E-state index in [1.807, 2.05) is 0 Å². The van der Waals surface area contributed by atoms with E-state index in [-0.39, 0.29) is 11.8 Å². The summed E-state index contributed by atoms with van der Waals surface area (Å²) in [6, 6.07) is 45.6. The van der Waals surface area contributed by atoms with Gasteiger partial charge in [0.15, 0.2) is 12.4 Å². The molecule has 4 aromatic carbocycles. The van der Waals surface area contributed by atoms with E-state index in [2.05, 4.69) is 143 Å². The van der Waals surface area contributed by atoms with Crippen molar-refractivity contribution in [3.8, 4) is 11.3 Å². The maximum absolute atomic E-state index is 2.61. The van der Waals surface area contributed by atoms with Crippen molar-refractivity contribution in [2.45, 2.75) is 23.9 Å². The molecule has 186 valence electrons. The Kier molecular flexibility index (Phi) is 3.80. The Bertz CT molecular complexity index is 2060. The lowest BCUT2D eigenvalue weighted by Gasteiger charge is -2.42. The number of pyridine rings is 2. The van der Waals surface area contributed by atoms with Crippen LogP contribution in [0.4, 0.5) is 0 Å². The third kappa shape index (κ3) is 2.26. The van der Waals surface area contributed by atoms with Crippen LogP contribution in [-0.4, -0.2) is 0 Å². The molecule has 0 N–H and O–H groups in total. The molecule has 0 radical (unpaired) electrons. The quantitative estimate of drug-likeness (QED) is 0.225. The molecule has 40 heavy (non-hydrogen) atoms. The summed E-state index contributed by atoms with van der Waals surface area (Å²) < 4.78 is 5.19. The largest absolute Gasteiger partial charge is 0.417 e. The smallest absolute Gasteiger partial charge is 0.129 e. The van der Waals surface area contributed by atoms with Gasteiger partial charge in [-0.2, -0.15) is 0 Å². The monoisotopic (exact) mass is 510 g/mol. The van der Waals surface area contributed by atoms with Crippen LogP contribution in [0.1, 0.15) is 67.6 Å². The first-order valence-corrected chi connectivity index (χ1v) is 14.3. The van der Waals surface area contributed by atoms with Gasteiger partial charge in [0, 0.05) is 30.2 Å². The SMILES string of the molecule is c1ccc(C2c3ccc4c5c3C3(c6c(cccc6C5c5ccccc5C4)-c4cccc[n+]43)[n+]3ccccc32)cc1. The van der Waals surface area contributed by atoms with Crippen LogP contribution in [0.3, 0.4) is 0 Å². The molecule has 0 saturated carbocycles.